The molecule has 1 aromatic rings. The minimum absolute atomic E-state index is 0. The number of ketones is 1. The van der Waals surface area contributed by atoms with Gasteiger partial charge in [-0.15, -0.1) is 18.4 Å². The van der Waals surface area contributed by atoms with Crippen LogP contribution in [0.3, 0.4) is 0 Å². The predicted octanol–water partition coefficient (Wildman–Crippen LogP) is -2.37. The molecule has 3 N–H and O–H groups in total. The number of halogens is 1. The molecule has 1 rings (SSSR count). The third-order valence-corrected chi connectivity index (χ3v) is 3.35. The van der Waals surface area contributed by atoms with Crippen molar-refractivity contribution in [3.05, 3.63) is 23.8 Å². The van der Waals surface area contributed by atoms with E-state index in [2.05, 4.69) is 31.8 Å². The summed E-state index contributed by atoms with van der Waals surface area (Å²) in [5.74, 6) is -4.30. The molecule has 1 unspecified atom stereocenters. The van der Waals surface area contributed by atoms with Crippen LogP contribution < -0.4 is 67.1 Å². The molecule has 0 heterocycles. The maximum absolute atomic E-state index is 12.4. The van der Waals surface area contributed by atoms with Crippen molar-refractivity contribution in [1.82, 2.24) is 10.6 Å². The maximum atomic E-state index is 12.4. The maximum Gasteiger partial charge on any atom is 1.00 e. The molecule has 0 spiro atoms. The van der Waals surface area contributed by atoms with E-state index in [1.165, 1.54) is 24.6 Å². The van der Waals surface area contributed by atoms with Gasteiger partial charge in [-0.3, -0.25) is 19.2 Å². The molecule has 1 aromatic carbocycles. The van der Waals surface area contributed by atoms with E-state index >= 15 is 0 Å². The van der Waals surface area contributed by atoms with Crippen LogP contribution in [0, 0.1) is 0 Å². The average molecular weight is 455 g/mol. The molecule has 8 nitrogen and oxygen atoms in total. The molecule has 0 fully saturated rings. The topological polar surface area (TPSA) is 136 Å². The summed E-state index contributed by atoms with van der Waals surface area (Å²) in [4.78, 5) is 45.8. The van der Waals surface area contributed by atoms with Crippen molar-refractivity contribution >= 4 is 36.2 Å². The molecule has 1 atom stereocenters. The Balaban J connectivity index is 0. The van der Waals surface area contributed by atoms with Gasteiger partial charge < -0.3 is 20.8 Å². The van der Waals surface area contributed by atoms with Crippen LogP contribution in [0.1, 0.15) is 32.3 Å². The molecule has 0 aromatic heterocycles. The summed E-state index contributed by atoms with van der Waals surface area (Å²) in [6, 6.07) is 2.65. The number of carbonyl (C=O) groups is 4. The molecule has 0 saturated carbocycles. The number of benzene rings is 1. The van der Waals surface area contributed by atoms with E-state index in [4.69, 9.17) is 5.11 Å². The number of carboxylic acid groups (broad SMARTS) is 1. The fourth-order valence-electron chi connectivity index (χ4n) is 1.88. The van der Waals surface area contributed by atoms with Crippen molar-refractivity contribution in [2.45, 2.75) is 44.0 Å². The number of hydrogen-bond acceptors (Lipinski definition) is 6. The van der Waals surface area contributed by atoms with Gasteiger partial charge in [0, 0.05) is 4.90 Å². The summed E-state index contributed by atoms with van der Waals surface area (Å²) < 4.78 is 12.4. The Hall–Kier alpha value is -0.984. The van der Waals surface area contributed by atoms with Gasteiger partial charge in [-0.2, -0.15) is 0 Å². The Bertz CT molecular complexity index is 705. The van der Waals surface area contributed by atoms with Crippen molar-refractivity contribution in [2.24, 2.45) is 0 Å². The Morgan fingerprint density at radius 2 is 1.79 bits per heavy atom. The Morgan fingerprint density at radius 1 is 1.21 bits per heavy atom. The second kappa shape index (κ2) is 16.8. The van der Waals surface area contributed by atoms with Crippen LogP contribution in [0.25, 0.3) is 0 Å². The molecule has 29 heavy (non-hydrogen) atoms. The number of aliphatic carboxylic acids is 1. The number of alkyl halides is 1. The SMILES string of the molecule is CCC.O=C(O)CC(NC(=O)CNC(=O)Cc1cc(S)ccc1[O-])C(=O)CF.[K+]. The van der Waals surface area contributed by atoms with Crippen molar-refractivity contribution in [3.8, 4) is 5.75 Å². The van der Waals surface area contributed by atoms with Crippen LogP contribution in [-0.4, -0.2) is 47.9 Å². The Morgan fingerprint density at radius 3 is 2.31 bits per heavy atom. The number of carboxylic acids is 1. The van der Waals surface area contributed by atoms with Crippen molar-refractivity contribution in [2.75, 3.05) is 13.2 Å². The van der Waals surface area contributed by atoms with Gasteiger partial charge in [-0.05, 0) is 17.7 Å². The molecule has 2 amide bonds. The minimum Gasteiger partial charge on any atom is -0.872 e. The van der Waals surface area contributed by atoms with Crippen LogP contribution >= 0.6 is 12.6 Å². The number of amides is 2. The molecule has 0 aliphatic rings. The zero-order chi connectivity index (χ0) is 21.7. The average Bonchev–Trinajstić information content (AvgIpc) is 2.62. The predicted molar refractivity (Wildman–Crippen MR) is 101 cm³/mol. The quantitative estimate of drug-likeness (QED) is 0.243. The van der Waals surface area contributed by atoms with Crippen LogP contribution in [-0.2, 0) is 25.6 Å². The van der Waals surface area contributed by atoms with Crippen molar-refractivity contribution in [1.29, 1.82) is 0 Å². The fourth-order valence-corrected chi connectivity index (χ4v) is 2.11. The van der Waals surface area contributed by atoms with E-state index in [9.17, 15) is 28.7 Å². The number of thiol groups is 1. The van der Waals surface area contributed by atoms with E-state index < -0.39 is 49.2 Å². The molecule has 0 radical (unpaired) electrons. The smallest absolute Gasteiger partial charge is 0.872 e. The van der Waals surface area contributed by atoms with E-state index in [1.807, 2.05) is 5.32 Å². The monoisotopic (exact) mass is 454 g/mol. The van der Waals surface area contributed by atoms with E-state index in [-0.39, 0.29) is 69.1 Å². The Kier molecular flexibility index (Phi) is 17.5. The first kappa shape index (κ1) is 30.2. The number of nitrogens with one attached hydrogen (secondary N) is 2. The first-order chi connectivity index (χ1) is 13.1. The number of rotatable bonds is 9. The van der Waals surface area contributed by atoms with E-state index in [1.54, 1.807) is 0 Å². The third kappa shape index (κ3) is 13.8. The molecule has 0 saturated heterocycles. The summed E-state index contributed by atoms with van der Waals surface area (Å²) in [6.07, 6.45) is 0.208. The largest absolute Gasteiger partial charge is 1.00 e. The van der Waals surface area contributed by atoms with Gasteiger partial charge >= 0.3 is 57.4 Å². The molecule has 11 heteroatoms. The zero-order valence-corrected chi connectivity index (χ0v) is 20.7. The van der Waals surface area contributed by atoms with E-state index in [0.29, 0.717) is 4.90 Å². The summed E-state index contributed by atoms with van der Waals surface area (Å²) in [6.45, 7) is 2.28. The van der Waals surface area contributed by atoms with Gasteiger partial charge in [0.05, 0.1) is 19.4 Å². The number of Topliss-reactive ketones (excluding diaryl/α,β-unsaturated/α-hetero) is 1. The van der Waals surface area contributed by atoms with Gasteiger partial charge in [0.15, 0.2) is 5.78 Å². The van der Waals surface area contributed by atoms with E-state index in [0.717, 1.165) is 0 Å². The fraction of sp³-hybridized carbons (Fsp3) is 0.444. The Labute approximate surface area is 216 Å². The second-order valence-electron chi connectivity index (χ2n) is 5.77. The zero-order valence-electron chi connectivity index (χ0n) is 16.7. The molecule has 0 aliphatic carbocycles. The van der Waals surface area contributed by atoms with Gasteiger partial charge in [0.1, 0.15) is 12.7 Å². The van der Waals surface area contributed by atoms with Crippen LogP contribution in [0.5, 0.6) is 5.75 Å². The summed E-state index contributed by atoms with van der Waals surface area (Å²) in [5.41, 5.74) is 0.196. The molecule has 0 bridgehead atoms. The molecular formula is C18H24FKN2O6S. The third-order valence-electron chi connectivity index (χ3n) is 3.08. The second-order valence-corrected chi connectivity index (χ2v) is 6.29. The number of hydrogen-bond donors (Lipinski definition) is 4. The van der Waals surface area contributed by atoms with Crippen LogP contribution in [0.15, 0.2) is 23.1 Å². The summed E-state index contributed by atoms with van der Waals surface area (Å²) in [7, 11) is 0. The first-order valence-corrected chi connectivity index (χ1v) is 8.94. The minimum atomic E-state index is -1.51. The van der Waals surface area contributed by atoms with Crippen LogP contribution in [0.2, 0.25) is 0 Å². The standard InChI is InChI=1S/C15H17FN2O6S.C3H8.K/c16-6-12(20)10(5-15(23)24)18-14(22)7-17-13(21)4-8-3-9(25)1-2-11(8)19;1-3-2;/h1-3,10,19,25H,4-7H2,(H,17,21)(H,18,22)(H,23,24);3H2,1-2H3;/q;;+1/p-1. The normalized spacial score (nSPS) is 10.5. The van der Waals surface area contributed by atoms with Gasteiger partial charge in [0.2, 0.25) is 11.8 Å². The van der Waals surface area contributed by atoms with Gasteiger partial charge in [0.25, 0.3) is 0 Å². The molecular weight excluding hydrogens is 430 g/mol. The van der Waals surface area contributed by atoms with Crippen molar-refractivity contribution < 1.29 is 85.2 Å². The van der Waals surface area contributed by atoms with Gasteiger partial charge in [-0.25, -0.2) is 4.39 Å². The van der Waals surface area contributed by atoms with Crippen LogP contribution in [0.4, 0.5) is 4.39 Å². The first-order valence-electron chi connectivity index (χ1n) is 8.49. The number of carbonyl (C=O) groups excluding carboxylic acids is 3. The summed E-state index contributed by atoms with van der Waals surface area (Å²) >= 11 is 4.06. The van der Waals surface area contributed by atoms with Crippen molar-refractivity contribution in [3.63, 3.8) is 0 Å². The molecule has 156 valence electrons. The molecule has 0 aliphatic heterocycles. The van der Waals surface area contributed by atoms with Gasteiger partial charge in [-0.1, -0.05) is 26.3 Å². The summed E-state index contributed by atoms with van der Waals surface area (Å²) in [5, 5.41) is 24.5.